The molecule has 1 aromatic rings. The number of fused-ring (bicyclic) bond motifs is 2. The number of esters is 1. The molecule has 2 fully saturated rings. The lowest BCUT2D eigenvalue weighted by atomic mass is 9.68. The highest BCUT2D eigenvalue weighted by molar-refractivity contribution is 5.85. The molecule has 3 atom stereocenters. The normalized spacial score (nSPS) is 27.3. The van der Waals surface area contributed by atoms with Gasteiger partial charge in [-0.15, -0.1) is 12.4 Å². The topological polar surface area (TPSA) is 29.5 Å². The third-order valence-electron chi connectivity index (χ3n) is 6.25. The van der Waals surface area contributed by atoms with E-state index in [1.807, 2.05) is 6.07 Å². The predicted molar refractivity (Wildman–Crippen MR) is 104 cm³/mol. The minimum absolute atomic E-state index is 0. The average Bonchev–Trinajstić information content (AvgIpc) is 3.24. The molecule has 0 N–H and O–H groups in total. The van der Waals surface area contributed by atoms with Crippen LogP contribution in [0.5, 0.6) is 0 Å². The van der Waals surface area contributed by atoms with Crippen molar-refractivity contribution in [2.45, 2.75) is 51.4 Å². The summed E-state index contributed by atoms with van der Waals surface area (Å²) in [6.45, 7) is 8.01. The van der Waals surface area contributed by atoms with Gasteiger partial charge in [-0.25, -0.2) is 0 Å². The zero-order valence-electron chi connectivity index (χ0n) is 15.6. The van der Waals surface area contributed by atoms with Crippen molar-refractivity contribution in [2.24, 2.45) is 11.8 Å². The number of carbonyl (C=O) groups is 1. The van der Waals surface area contributed by atoms with Gasteiger partial charge in [0.05, 0.1) is 12.0 Å². The lowest BCUT2D eigenvalue weighted by Crippen LogP contribution is -2.42. The molecule has 4 heteroatoms. The minimum Gasteiger partial charge on any atom is -0.465 e. The van der Waals surface area contributed by atoms with Crippen LogP contribution in [-0.2, 0) is 14.9 Å². The molecule has 2 bridgehead atoms. The van der Waals surface area contributed by atoms with E-state index in [1.165, 1.54) is 24.8 Å². The highest BCUT2D eigenvalue weighted by Crippen LogP contribution is 2.57. The Hall–Kier alpha value is -1.06. The fourth-order valence-corrected chi connectivity index (χ4v) is 4.91. The molecule has 0 aliphatic heterocycles. The van der Waals surface area contributed by atoms with Crippen LogP contribution in [0.4, 0.5) is 0 Å². The SMILES string of the molecule is CCN(CC)CCCOC(=O)C1(c2ccccc2)C[C@@H]2CC[C@H]1C2.Cl. The van der Waals surface area contributed by atoms with Crippen molar-refractivity contribution in [3.05, 3.63) is 35.9 Å². The van der Waals surface area contributed by atoms with Gasteiger partial charge >= 0.3 is 5.97 Å². The minimum atomic E-state index is -0.376. The number of hydrogen-bond donors (Lipinski definition) is 0. The van der Waals surface area contributed by atoms with Crippen LogP contribution in [0.15, 0.2) is 30.3 Å². The Morgan fingerprint density at radius 2 is 1.92 bits per heavy atom. The van der Waals surface area contributed by atoms with Crippen molar-refractivity contribution < 1.29 is 9.53 Å². The molecule has 0 amide bonds. The Bertz CT molecular complexity index is 546. The van der Waals surface area contributed by atoms with Crippen molar-refractivity contribution >= 4 is 18.4 Å². The number of benzene rings is 1. The number of ether oxygens (including phenoxy) is 1. The van der Waals surface area contributed by atoms with Crippen LogP contribution in [0.25, 0.3) is 0 Å². The molecule has 1 aromatic carbocycles. The first-order valence-corrected chi connectivity index (χ1v) is 9.65. The molecule has 25 heavy (non-hydrogen) atoms. The Kier molecular flexibility index (Phi) is 7.33. The average molecular weight is 366 g/mol. The third kappa shape index (κ3) is 4.03. The molecule has 140 valence electrons. The van der Waals surface area contributed by atoms with Crippen LogP contribution in [0.3, 0.4) is 0 Å². The highest BCUT2D eigenvalue weighted by atomic mass is 35.5. The van der Waals surface area contributed by atoms with Gasteiger partial charge in [-0.05, 0) is 56.2 Å². The summed E-state index contributed by atoms with van der Waals surface area (Å²) in [7, 11) is 0. The van der Waals surface area contributed by atoms with Gasteiger partial charge in [0.15, 0.2) is 0 Å². The predicted octanol–water partition coefficient (Wildman–Crippen LogP) is 4.44. The fraction of sp³-hybridized carbons (Fsp3) is 0.667. The molecule has 0 radical (unpaired) electrons. The van der Waals surface area contributed by atoms with Gasteiger partial charge in [-0.1, -0.05) is 50.6 Å². The third-order valence-corrected chi connectivity index (χ3v) is 6.25. The summed E-state index contributed by atoms with van der Waals surface area (Å²) in [5.41, 5.74) is 0.797. The Morgan fingerprint density at radius 1 is 1.20 bits per heavy atom. The van der Waals surface area contributed by atoms with Crippen LogP contribution >= 0.6 is 12.4 Å². The maximum absolute atomic E-state index is 13.1. The summed E-state index contributed by atoms with van der Waals surface area (Å²) in [5.74, 6) is 1.21. The molecule has 0 saturated heterocycles. The molecule has 3 rings (SSSR count). The van der Waals surface area contributed by atoms with E-state index < -0.39 is 0 Å². The van der Waals surface area contributed by atoms with Crippen LogP contribution in [-0.4, -0.2) is 37.1 Å². The second kappa shape index (κ2) is 9.05. The number of halogens is 1. The number of rotatable bonds is 8. The lowest BCUT2D eigenvalue weighted by Gasteiger charge is -2.36. The van der Waals surface area contributed by atoms with Crippen molar-refractivity contribution in [2.75, 3.05) is 26.2 Å². The number of carbonyl (C=O) groups excluding carboxylic acids is 1. The van der Waals surface area contributed by atoms with Crippen LogP contribution < -0.4 is 0 Å². The van der Waals surface area contributed by atoms with Crippen LogP contribution in [0.2, 0.25) is 0 Å². The van der Waals surface area contributed by atoms with Gasteiger partial charge in [-0.2, -0.15) is 0 Å². The van der Waals surface area contributed by atoms with Crippen molar-refractivity contribution in [3.63, 3.8) is 0 Å². The van der Waals surface area contributed by atoms with Gasteiger partial charge in [-0.3, -0.25) is 4.79 Å². The van der Waals surface area contributed by atoms with E-state index in [0.717, 1.165) is 32.5 Å². The summed E-state index contributed by atoms with van der Waals surface area (Å²) in [6.07, 6.45) is 5.56. The maximum Gasteiger partial charge on any atom is 0.316 e. The maximum atomic E-state index is 13.1. The Morgan fingerprint density at radius 3 is 2.48 bits per heavy atom. The van der Waals surface area contributed by atoms with Crippen LogP contribution in [0.1, 0.15) is 51.5 Å². The van der Waals surface area contributed by atoms with Gasteiger partial charge in [0.1, 0.15) is 0 Å². The zero-order chi connectivity index (χ0) is 17.0. The van der Waals surface area contributed by atoms with Gasteiger partial charge in [0, 0.05) is 6.54 Å². The second-order valence-electron chi connectivity index (χ2n) is 7.43. The van der Waals surface area contributed by atoms with Gasteiger partial charge < -0.3 is 9.64 Å². The Balaban J connectivity index is 0.00000225. The van der Waals surface area contributed by atoms with E-state index in [-0.39, 0.29) is 23.8 Å². The smallest absolute Gasteiger partial charge is 0.316 e. The summed E-state index contributed by atoms with van der Waals surface area (Å²) >= 11 is 0. The number of nitrogens with zero attached hydrogens (tertiary/aromatic N) is 1. The van der Waals surface area contributed by atoms with Crippen molar-refractivity contribution in [1.82, 2.24) is 4.90 Å². The van der Waals surface area contributed by atoms with Crippen molar-refractivity contribution in [1.29, 1.82) is 0 Å². The monoisotopic (exact) mass is 365 g/mol. The number of hydrogen-bond acceptors (Lipinski definition) is 3. The molecule has 1 unspecified atom stereocenters. The molecule has 2 saturated carbocycles. The first kappa shape index (κ1) is 20.3. The van der Waals surface area contributed by atoms with E-state index in [9.17, 15) is 4.79 Å². The molecule has 3 nitrogen and oxygen atoms in total. The highest BCUT2D eigenvalue weighted by Gasteiger charge is 2.57. The fourth-order valence-electron chi connectivity index (χ4n) is 4.91. The summed E-state index contributed by atoms with van der Waals surface area (Å²) in [6, 6.07) is 10.4. The van der Waals surface area contributed by atoms with E-state index in [2.05, 4.69) is 43.0 Å². The second-order valence-corrected chi connectivity index (χ2v) is 7.43. The summed E-state index contributed by atoms with van der Waals surface area (Å²) in [5, 5.41) is 0. The molecule has 0 aromatic heterocycles. The molecule has 2 aliphatic carbocycles. The first-order chi connectivity index (χ1) is 11.7. The first-order valence-electron chi connectivity index (χ1n) is 9.65. The van der Waals surface area contributed by atoms with Gasteiger partial charge in [0.2, 0.25) is 0 Å². The van der Waals surface area contributed by atoms with Crippen LogP contribution in [0, 0.1) is 11.8 Å². The van der Waals surface area contributed by atoms with E-state index >= 15 is 0 Å². The van der Waals surface area contributed by atoms with E-state index in [4.69, 9.17) is 4.74 Å². The molecule has 0 heterocycles. The summed E-state index contributed by atoms with van der Waals surface area (Å²) in [4.78, 5) is 15.5. The standard InChI is InChI=1S/C21H31NO2.ClH/c1-3-22(4-2)13-8-14-24-20(23)21(18-9-6-5-7-10-18)16-17-11-12-19(21)15-17;/h5-7,9-10,17,19H,3-4,8,11-16H2,1-2H3;1H/t17-,19+,21?;/m1./s1. The van der Waals surface area contributed by atoms with E-state index in [1.54, 1.807) is 0 Å². The molecule has 0 spiro atoms. The van der Waals surface area contributed by atoms with Gasteiger partial charge in [0.25, 0.3) is 0 Å². The van der Waals surface area contributed by atoms with E-state index in [0.29, 0.717) is 18.4 Å². The Labute approximate surface area is 158 Å². The molecule has 2 aliphatic rings. The molecular formula is C21H32ClNO2. The largest absolute Gasteiger partial charge is 0.465 e. The quantitative estimate of drug-likeness (QED) is 0.503. The summed E-state index contributed by atoms with van der Waals surface area (Å²) < 4.78 is 5.81. The van der Waals surface area contributed by atoms with Crippen molar-refractivity contribution in [3.8, 4) is 0 Å². The molecular weight excluding hydrogens is 334 g/mol. The lowest BCUT2D eigenvalue weighted by molar-refractivity contribution is -0.153. The zero-order valence-corrected chi connectivity index (χ0v) is 16.4.